The van der Waals surface area contributed by atoms with Crippen molar-refractivity contribution in [3.63, 3.8) is 0 Å². The zero-order chi connectivity index (χ0) is 22.2. The number of nitrogens with zero attached hydrogens (tertiary/aromatic N) is 1. The van der Waals surface area contributed by atoms with Crippen LogP contribution in [0.25, 0.3) is 0 Å². The van der Waals surface area contributed by atoms with Crippen LogP contribution < -0.4 is 15.4 Å². The summed E-state index contributed by atoms with van der Waals surface area (Å²) in [6.45, 7) is 0.458. The lowest BCUT2D eigenvalue weighted by Crippen LogP contribution is -2.32. The van der Waals surface area contributed by atoms with E-state index >= 15 is 0 Å². The normalized spacial score (nSPS) is 15.8. The van der Waals surface area contributed by atoms with Crippen LogP contribution in [0.1, 0.15) is 23.5 Å². The number of halogens is 1. The topological polar surface area (TPSA) is 91.2 Å². The van der Waals surface area contributed by atoms with Crippen molar-refractivity contribution in [2.24, 2.45) is 0 Å². The van der Waals surface area contributed by atoms with E-state index in [-0.39, 0.29) is 29.6 Å². The number of benzene rings is 2. The highest BCUT2D eigenvalue weighted by atomic mass is 32.2. The molecule has 1 atom stereocenters. The molecule has 2 amide bonds. The zero-order valence-corrected chi connectivity index (χ0v) is 17.8. The average Bonchev–Trinajstić information content (AvgIpc) is 2.78. The summed E-state index contributed by atoms with van der Waals surface area (Å²) >= 11 is 1.07. The second kappa shape index (κ2) is 10.6. The molecular weight excluding hydrogens is 417 g/mol. The van der Waals surface area contributed by atoms with Crippen LogP contribution in [0.4, 0.5) is 4.39 Å². The van der Waals surface area contributed by atoms with Gasteiger partial charge in [0, 0.05) is 18.9 Å². The lowest BCUT2D eigenvalue weighted by molar-refractivity contribution is -0.121. The summed E-state index contributed by atoms with van der Waals surface area (Å²) in [7, 11) is 1.60. The number of allylic oxidation sites excluding steroid dienone is 1. The molecule has 0 fully saturated rings. The second-order valence-electron chi connectivity index (χ2n) is 6.92. The van der Waals surface area contributed by atoms with Gasteiger partial charge in [-0.3, -0.25) is 9.59 Å². The summed E-state index contributed by atoms with van der Waals surface area (Å²) < 4.78 is 19.4. The summed E-state index contributed by atoms with van der Waals surface area (Å²) in [6.07, 6.45) is 0.653. The zero-order valence-electron chi connectivity index (χ0n) is 17.0. The first-order valence-electron chi connectivity index (χ1n) is 9.72. The summed E-state index contributed by atoms with van der Waals surface area (Å²) in [5.74, 6) is -0.849. The Hall–Kier alpha value is -3.31. The first-order valence-corrected chi connectivity index (χ1v) is 10.7. The van der Waals surface area contributed by atoms with Gasteiger partial charge in [-0.15, -0.1) is 0 Å². The molecule has 0 saturated heterocycles. The number of ether oxygens (including phenoxy) is 1. The summed E-state index contributed by atoms with van der Waals surface area (Å²) in [4.78, 5) is 24.4. The van der Waals surface area contributed by atoms with E-state index in [1.807, 2.05) is 24.3 Å². The van der Waals surface area contributed by atoms with Gasteiger partial charge in [0.15, 0.2) is 0 Å². The molecule has 3 rings (SSSR count). The highest BCUT2D eigenvalue weighted by Gasteiger charge is 2.31. The minimum Gasteiger partial charge on any atom is -0.497 e. The fraction of sp³-hybridized carbons (Fsp3) is 0.261. The minimum atomic E-state index is -0.666. The number of hydrogen-bond acceptors (Lipinski definition) is 5. The molecule has 6 nitrogen and oxygen atoms in total. The number of methoxy groups -OCH3 is 1. The second-order valence-corrected chi connectivity index (χ2v) is 7.90. The van der Waals surface area contributed by atoms with Crippen LogP contribution in [0.3, 0.4) is 0 Å². The van der Waals surface area contributed by atoms with Gasteiger partial charge in [-0.1, -0.05) is 42.1 Å². The van der Waals surface area contributed by atoms with Crippen molar-refractivity contribution in [1.82, 2.24) is 10.6 Å². The Labute approximate surface area is 184 Å². The highest BCUT2D eigenvalue weighted by Crippen LogP contribution is 2.36. The lowest BCUT2D eigenvalue weighted by Gasteiger charge is -2.25. The van der Waals surface area contributed by atoms with Crippen molar-refractivity contribution in [2.75, 3.05) is 19.4 Å². The predicted octanol–water partition coefficient (Wildman–Crippen LogP) is 3.27. The highest BCUT2D eigenvalue weighted by molar-refractivity contribution is 8.03. The maximum absolute atomic E-state index is 14.2. The van der Waals surface area contributed by atoms with Crippen LogP contribution >= 0.6 is 11.8 Å². The largest absolute Gasteiger partial charge is 0.497 e. The Balaban J connectivity index is 1.59. The van der Waals surface area contributed by atoms with Crippen molar-refractivity contribution >= 4 is 23.6 Å². The fourth-order valence-corrected chi connectivity index (χ4v) is 4.19. The number of nitrogens with one attached hydrogen (secondary N) is 2. The molecular formula is C23H22FN3O3S. The molecule has 31 heavy (non-hydrogen) atoms. The van der Waals surface area contributed by atoms with Gasteiger partial charge in [-0.2, -0.15) is 5.26 Å². The van der Waals surface area contributed by atoms with Crippen LogP contribution in [0, 0.1) is 17.1 Å². The molecule has 160 valence electrons. The SMILES string of the molecule is COc1ccc(CCNC(=O)CSC2=C(C#N)[C@@H](c3ccccc3F)CC(=O)N2)cc1. The quantitative estimate of drug-likeness (QED) is 0.659. The predicted molar refractivity (Wildman–Crippen MR) is 117 cm³/mol. The Morgan fingerprint density at radius 3 is 2.71 bits per heavy atom. The number of amides is 2. The van der Waals surface area contributed by atoms with Crippen molar-refractivity contribution in [1.29, 1.82) is 5.26 Å². The average molecular weight is 440 g/mol. The van der Waals surface area contributed by atoms with Gasteiger partial charge >= 0.3 is 0 Å². The molecule has 2 N–H and O–H groups in total. The number of hydrogen-bond donors (Lipinski definition) is 2. The van der Waals surface area contributed by atoms with E-state index in [9.17, 15) is 19.2 Å². The molecule has 0 spiro atoms. The van der Waals surface area contributed by atoms with Crippen LogP contribution in [0.2, 0.25) is 0 Å². The third kappa shape index (κ3) is 5.86. The van der Waals surface area contributed by atoms with Gasteiger partial charge in [0.25, 0.3) is 0 Å². The van der Waals surface area contributed by atoms with Crippen LogP contribution in [0.5, 0.6) is 5.75 Å². The Bertz CT molecular complexity index is 1030. The molecule has 0 unspecified atom stereocenters. The molecule has 2 aromatic carbocycles. The van der Waals surface area contributed by atoms with Gasteiger partial charge in [0.05, 0.1) is 29.5 Å². The van der Waals surface area contributed by atoms with E-state index in [0.717, 1.165) is 23.1 Å². The lowest BCUT2D eigenvalue weighted by atomic mass is 9.87. The summed E-state index contributed by atoms with van der Waals surface area (Å²) in [5.41, 5.74) is 1.63. The molecule has 0 bridgehead atoms. The molecule has 0 radical (unpaired) electrons. The monoisotopic (exact) mass is 439 g/mol. The Morgan fingerprint density at radius 1 is 1.29 bits per heavy atom. The number of nitriles is 1. The molecule has 2 aromatic rings. The number of thioether (sulfide) groups is 1. The molecule has 1 heterocycles. The van der Waals surface area contributed by atoms with E-state index in [1.165, 1.54) is 6.07 Å². The van der Waals surface area contributed by atoms with Crippen LogP contribution in [-0.2, 0) is 16.0 Å². The van der Waals surface area contributed by atoms with E-state index in [4.69, 9.17) is 4.74 Å². The number of carbonyl (C=O) groups is 2. The van der Waals surface area contributed by atoms with Gasteiger partial charge in [0.2, 0.25) is 11.8 Å². The van der Waals surface area contributed by atoms with Gasteiger partial charge < -0.3 is 15.4 Å². The van der Waals surface area contributed by atoms with E-state index in [1.54, 1.807) is 25.3 Å². The van der Waals surface area contributed by atoms with E-state index in [2.05, 4.69) is 16.7 Å². The molecule has 1 aliphatic heterocycles. The van der Waals surface area contributed by atoms with E-state index in [0.29, 0.717) is 23.6 Å². The first-order chi connectivity index (χ1) is 15.0. The molecule has 8 heteroatoms. The number of rotatable bonds is 8. The van der Waals surface area contributed by atoms with Crippen molar-refractivity contribution in [3.8, 4) is 11.8 Å². The van der Waals surface area contributed by atoms with Gasteiger partial charge in [0.1, 0.15) is 11.6 Å². The Kier molecular flexibility index (Phi) is 7.68. The van der Waals surface area contributed by atoms with Crippen molar-refractivity contribution in [3.05, 3.63) is 76.1 Å². The molecule has 0 saturated carbocycles. The van der Waals surface area contributed by atoms with Crippen molar-refractivity contribution in [2.45, 2.75) is 18.8 Å². The summed E-state index contributed by atoms with van der Waals surface area (Å²) in [5, 5.41) is 15.4. The first kappa shape index (κ1) is 22.4. The van der Waals surface area contributed by atoms with Crippen LogP contribution in [-0.4, -0.2) is 31.2 Å². The third-order valence-corrected chi connectivity index (χ3v) is 5.90. The van der Waals surface area contributed by atoms with Crippen molar-refractivity contribution < 1.29 is 18.7 Å². The Morgan fingerprint density at radius 2 is 2.03 bits per heavy atom. The maximum atomic E-state index is 14.2. The molecule has 1 aliphatic rings. The third-order valence-electron chi connectivity index (χ3n) is 4.88. The standard InChI is InChI=1S/C23H22FN3O3S/c1-30-16-8-6-15(7-9-16)10-11-26-22(29)14-31-23-19(13-25)18(12-21(28)27-23)17-4-2-3-5-20(17)24/h2-9,18H,10-12,14H2,1H3,(H,26,29)(H,27,28)/t18-/m1/s1. The maximum Gasteiger partial charge on any atom is 0.230 e. The molecule has 0 aromatic heterocycles. The summed E-state index contributed by atoms with van der Waals surface area (Å²) in [6, 6.07) is 15.8. The van der Waals surface area contributed by atoms with E-state index < -0.39 is 11.7 Å². The fourth-order valence-electron chi connectivity index (χ4n) is 3.28. The minimum absolute atomic E-state index is 0.0120. The molecule has 0 aliphatic carbocycles. The smallest absolute Gasteiger partial charge is 0.230 e. The van der Waals surface area contributed by atoms with Gasteiger partial charge in [-0.25, -0.2) is 4.39 Å². The van der Waals surface area contributed by atoms with Gasteiger partial charge in [-0.05, 0) is 35.7 Å². The number of carbonyl (C=O) groups excluding carboxylic acids is 2. The van der Waals surface area contributed by atoms with Crippen LogP contribution in [0.15, 0.2) is 59.1 Å².